The number of hydrogen-bond donors (Lipinski definition) is 2. The van der Waals surface area contributed by atoms with Gasteiger partial charge in [-0.15, -0.1) is 0 Å². The Morgan fingerprint density at radius 3 is 2.61 bits per heavy atom. The SMILES string of the molecule is CC(C)CC(C)(O)CNC1CCCCCC1C#N. The number of aliphatic hydroxyl groups is 1. The van der Waals surface area contributed by atoms with Crippen molar-refractivity contribution < 1.29 is 5.11 Å². The van der Waals surface area contributed by atoms with Gasteiger partial charge in [-0.2, -0.15) is 5.26 Å². The van der Waals surface area contributed by atoms with Crippen molar-refractivity contribution in [1.82, 2.24) is 5.32 Å². The summed E-state index contributed by atoms with van der Waals surface area (Å²) in [6, 6.07) is 2.69. The summed E-state index contributed by atoms with van der Waals surface area (Å²) in [7, 11) is 0. The molecule has 0 aromatic carbocycles. The molecule has 104 valence electrons. The van der Waals surface area contributed by atoms with Gasteiger partial charge in [0.1, 0.15) is 0 Å². The van der Waals surface area contributed by atoms with Gasteiger partial charge in [0.25, 0.3) is 0 Å². The van der Waals surface area contributed by atoms with Crippen LogP contribution >= 0.6 is 0 Å². The van der Waals surface area contributed by atoms with Crippen molar-refractivity contribution in [2.45, 2.75) is 70.9 Å². The molecule has 0 amide bonds. The average Bonchev–Trinajstić information content (AvgIpc) is 2.49. The molecule has 2 N–H and O–H groups in total. The Bertz CT molecular complexity index is 281. The van der Waals surface area contributed by atoms with Gasteiger partial charge in [-0.1, -0.05) is 33.1 Å². The van der Waals surface area contributed by atoms with Gasteiger partial charge in [0.05, 0.1) is 17.6 Å². The lowest BCUT2D eigenvalue weighted by atomic mass is 9.92. The van der Waals surface area contributed by atoms with E-state index in [1.807, 2.05) is 6.92 Å². The smallest absolute Gasteiger partial charge is 0.0746 e. The Balaban J connectivity index is 2.47. The predicted octanol–water partition coefficient (Wildman–Crippen LogP) is 2.85. The van der Waals surface area contributed by atoms with Gasteiger partial charge in [0.15, 0.2) is 0 Å². The van der Waals surface area contributed by atoms with Crippen LogP contribution in [0.15, 0.2) is 0 Å². The second-order valence-corrected chi connectivity index (χ2v) is 6.46. The maximum Gasteiger partial charge on any atom is 0.0746 e. The maximum atomic E-state index is 10.3. The average molecular weight is 252 g/mol. The van der Waals surface area contributed by atoms with E-state index in [9.17, 15) is 10.4 Å². The Morgan fingerprint density at radius 2 is 2.00 bits per heavy atom. The highest BCUT2D eigenvalue weighted by Gasteiger charge is 2.27. The van der Waals surface area contributed by atoms with Crippen molar-refractivity contribution in [2.75, 3.05) is 6.54 Å². The van der Waals surface area contributed by atoms with Crippen LogP contribution in [0, 0.1) is 23.2 Å². The predicted molar refractivity (Wildman–Crippen MR) is 74.1 cm³/mol. The van der Waals surface area contributed by atoms with Crippen molar-refractivity contribution in [2.24, 2.45) is 11.8 Å². The molecule has 0 radical (unpaired) electrons. The van der Waals surface area contributed by atoms with E-state index in [4.69, 9.17) is 0 Å². The van der Waals surface area contributed by atoms with Gasteiger partial charge < -0.3 is 10.4 Å². The van der Waals surface area contributed by atoms with Crippen LogP contribution in [-0.2, 0) is 0 Å². The molecule has 0 aromatic heterocycles. The van der Waals surface area contributed by atoms with Crippen molar-refractivity contribution in [3.05, 3.63) is 0 Å². The first kappa shape index (κ1) is 15.5. The Labute approximate surface area is 112 Å². The van der Waals surface area contributed by atoms with Crippen LogP contribution in [0.4, 0.5) is 0 Å². The van der Waals surface area contributed by atoms with Crippen LogP contribution in [0.3, 0.4) is 0 Å². The molecule has 3 nitrogen and oxygen atoms in total. The molecule has 18 heavy (non-hydrogen) atoms. The lowest BCUT2D eigenvalue weighted by Crippen LogP contribution is -2.45. The third kappa shape index (κ3) is 5.37. The summed E-state index contributed by atoms with van der Waals surface area (Å²) in [6.45, 7) is 6.72. The topological polar surface area (TPSA) is 56.0 Å². The standard InChI is InChI=1S/C15H28N2O/c1-12(2)9-15(3,18)11-17-14-8-6-4-5-7-13(14)10-16/h12-14,17-18H,4-9,11H2,1-3H3. The van der Waals surface area contributed by atoms with E-state index in [2.05, 4.69) is 25.2 Å². The molecule has 1 saturated carbocycles. The molecule has 1 aliphatic rings. The van der Waals surface area contributed by atoms with E-state index in [1.165, 1.54) is 19.3 Å². The second kappa shape index (κ2) is 7.11. The quantitative estimate of drug-likeness (QED) is 0.740. The van der Waals surface area contributed by atoms with E-state index in [0.717, 1.165) is 19.3 Å². The molecule has 1 fully saturated rings. The fourth-order valence-corrected chi connectivity index (χ4v) is 3.01. The summed E-state index contributed by atoms with van der Waals surface area (Å²) in [6.07, 6.45) is 6.46. The number of hydrogen-bond acceptors (Lipinski definition) is 3. The van der Waals surface area contributed by atoms with Crippen molar-refractivity contribution in [1.29, 1.82) is 5.26 Å². The van der Waals surface area contributed by atoms with Gasteiger partial charge in [-0.05, 0) is 32.1 Å². The molecule has 0 bridgehead atoms. The lowest BCUT2D eigenvalue weighted by molar-refractivity contribution is 0.0343. The molecule has 3 atom stereocenters. The molecule has 0 aliphatic heterocycles. The van der Waals surface area contributed by atoms with Gasteiger partial charge in [-0.3, -0.25) is 0 Å². The highest BCUT2D eigenvalue weighted by atomic mass is 16.3. The minimum Gasteiger partial charge on any atom is -0.389 e. The number of rotatable bonds is 5. The largest absolute Gasteiger partial charge is 0.389 e. The minimum absolute atomic E-state index is 0.113. The molecule has 3 heteroatoms. The zero-order chi connectivity index (χ0) is 13.6. The molecular weight excluding hydrogens is 224 g/mol. The Morgan fingerprint density at radius 1 is 1.33 bits per heavy atom. The van der Waals surface area contributed by atoms with Crippen LogP contribution in [0.2, 0.25) is 0 Å². The van der Waals surface area contributed by atoms with E-state index in [0.29, 0.717) is 12.5 Å². The van der Waals surface area contributed by atoms with Gasteiger partial charge >= 0.3 is 0 Å². The molecule has 1 aliphatic carbocycles. The highest BCUT2D eigenvalue weighted by Crippen LogP contribution is 2.24. The summed E-state index contributed by atoms with van der Waals surface area (Å²) < 4.78 is 0. The Hall–Kier alpha value is -0.590. The van der Waals surface area contributed by atoms with Crippen molar-refractivity contribution >= 4 is 0 Å². The van der Waals surface area contributed by atoms with E-state index in [1.54, 1.807) is 0 Å². The number of nitrogens with zero attached hydrogens (tertiary/aromatic N) is 1. The fourth-order valence-electron chi connectivity index (χ4n) is 3.01. The summed E-state index contributed by atoms with van der Waals surface area (Å²) >= 11 is 0. The molecular formula is C15H28N2O. The highest BCUT2D eigenvalue weighted by molar-refractivity contribution is 4.94. The van der Waals surface area contributed by atoms with Crippen molar-refractivity contribution in [3.8, 4) is 6.07 Å². The molecule has 0 aromatic rings. The van der Waals surface area contributed by atoms with Crippen molar-refractivity contribution in [3.63, 3.8) is 0 Å². The van der Waals surface area contributed by atoms with Gasteiger partial charge in [-0.25, -0.2) is 0 Å². The van der Waals surface area contributed by atoms with Crippen LogP contribution in [-0.4, -0.2) is 23.3 Å². The molecule has 3 unspecified atom stereocenters. The second-order valence-electron chi connectivity index (χ2n) is 6.46. The first-order valence-electron chi connectivity index (χ1n) is 7.30. The third-order valence-electron chi connectivity index (χ3n) is 3.77. The normalized spacial score (nSPS) is 28.4. The maximum absolute atomic E-state index is 10.3. The number of nitriles is 1. The van der Waals surface area contributed by atoms with Crippen LogP contribution < -0.4 is 5.32 Å². The summed E-state index contributed by atoms with van der Waals surface area (Å²) in [4.78, 5) is 0. The molecule has 0 spiro atoms. The van der Waals surface area contributed by atoms with Gasteiger partial charge in [0, 0.05) is 12.6 Å². The van der Waals surface area contributed by atoms with Crippen LogP contribution in [0.25, 0.3) is 0 Å². The first-order chi connectivity index (χ1) is 8.44. The summed E-state index contributed by atoms with van der Waals surface area (Å²) in [5, 5.41) is 22.9. The monoisotopic (exact) mass is 252 g/mol. The van der Waals surface area contributed by atoms with Gasteiger partial charge in [0.2, 0.25) is 0 Å². The molecule has 0 heterocycles. The van der Waals surface area contributed by atoms with E-state index >= 15 is 0 Å². The summed E-state index contributed by atoms with van der Waals surface area (Å²) in [5.74, 6) is 0.602. The van der Waals surface area contributed by atoms with E-state index < -0.39 is 5.60 Å². The fraction of sp³-hybridized carbons (Fsp3) is 0.933. The third-order valence-corrected chi connectivity index (χ3v) is 3.77. The molecule has 1 rings (SSSR count). The first-order valence-corrected chi connectivity index (χ1v) is 7.30. The van der Waals surface area contributed by atoms with Crippen LogP contribution in [0.5, 0.6) is 0 Å². The lowest BCUT2D eigenvalue weighted by Gasteiger charge is -2.29. The van der Waals surface area contributed by atoms with Crippen LogP contribution in [0.1, 0.15) is 59.3 Å². The Kier molecular flexibility index (Phi) is 6.11. The summed E-state index contributed by atoms with van der Waals surface area (Å²) in [5.41, 5.74) is -0.666. The minimum atomic E-state index is -0.666. The molecule has 0 saturated heterocycles. The zero-order valence-corrected chi connectivity index (χ0v) is 12.1. The zero-order valence-electron chi connectivity index (χ0n) is 12.1. The number of nitrogens with one attached hydrogen (secondary N) is 1. The van der Waals surface area contributed by atoms with E-state index in [-0.39, 0.29) is 12.0 Å².